The van der Waals surface area contributed by atoms with Crippen LogP contribution >= 0.6 is 0 Å². The number of carbonyl (C=O) groups is 1. The molecule has 0 heterocycles. The minimum Gasteiger partial charge on any atom is -0.399 e. The SMILES string of the molecule is CCCCN(CC(=O)Nc1cc(N)ccc1F)C(C)CC. The molecule has 1 unspecified atom stereocenters. The van der Waals surface area contributed by atoms with Crippen LogP contribution in [-0.4, -0.2) is 29.9 Å². The van der Waals surface area contributed by atoms with Crippen molar-refractivity contribution < 1.29 is 9.18 Å². The zero-order valence-electron chi connectivity index (χ0n) is 13.2. The number of hydrogen-bond donors (Lipinski definition) is 2. The fraction of sp³-hybridized carbons (Fsp3) is 0.562. The molecule has 0 aromatic heterocycles. The zero-order valence-corrected chi connectivity index (χ0v) is 13.2. The Morgan fingerprint density at radius 1 is 1.43 bits per heavy atom. The topological polar surface area (TPSA) is 58.4 Å². The van der Waals surface area contributed by atoms with E-state index in [4.69, 9.17) is 5.73 Å². The van der Waals surface area contributed by atoms with E-state index in [9.17, 15) is 9.18 Å². The van der Waals surface area contributed by atoms with Gasteiger partial charge in [-0.05, 0) is 44.5 Å². The van der Waals surface area contributed by atoms with Gasteiger partial charge in [-0.3, -0.25) is 9.69 Å². The van der Waals surface area contributed by atoms with Crippen LogP contribution in [0.4, 0.5) is 15.8 Å². The molecular formula is C16H26FN3O. The highest BCUT2D eigenvalue weighted by atomic mass is 19.1. The maximum Gasteiger partial charge on any atom is 0.238 e. The Morgan fingerprint density at radius 3 is 2.76 bits per heavy atom. The molecule has 0 aliphatic carbocycles. The van der Waals surface area contributed by atoms with E-state index in [1.807, 2.05) is 0 Å². The molecule has 0 saturated carbocycles. The Labute approximate surface area is 126 Å². The Hall–Kier alpha value is -1.62. The van der Waals surface area contributed by atoms with Gasteiger partial charge in [-0.25, -0.2) is 4.39 Å². The summed E-state index contributed by atoms with van der Waals surface area (Å²) < 4.78 is 13.6. The summed E-state index contributed by atoms with van der Waals surface area (Å²) in [6, 6.07) is 4.49. The molecule has 0 bridgehead atoms. The lowest BCUT2D eigenvalue weighted by atomic mass is 10.2. The molecule has 5 heteroatoms. The van der Waals surface area contributed by atoms with Crippen molar-refractivity contribution in [2.24, 2.45) is 0 Å². The number of unbranched alkanes of at least 4 members (excludes halogenated alkanes) is 1. The summed E-state index contributed by atoms with van der Waals surface area (Å²) in [5, 5.41) is 2.60. The summed E-state index contributed by atoms with van der Waals surface area (Å²) in [6.07, 6.45) is 3.10. The van der Waals surface area contributed by atoms with Crippen molar-refractivity contribution in [2.75, 3.05) is 24.1 Å². The number of hydrogen-bond acceptors (Lipinski definition) is 3. The molecule has 0 fully saturated rings. The van der Waals surface area contributed by atoms with E-state index >= 15 is 0 Å². The minimum absolute atomic E-state index is 0.139. The number of anilines is 2. The number of nitrogens with two attached hydrogens (primary N) is 1. The van der Waals surface area contributed by atoms with E-state index in [1.54, 1.807) is 0 Å². The minimum atomic E-state index is -0.471. The summed E-state index contributed by atoms with van der Waals surface area (Å²) in [6.45, 7) is 7.46. The van der Waals surface area contributed by atoms with Crippen molar-refractivity contribution in [1.29, 1.82) is 0 Å². The van der Waals surface area contributed by atoms with Gasteiger partial charge in [-0.15, -0.1) is 0 Å². The quantitative estimate of drug-likeness (QED) is 0.724. The fourth-order valence-electron chi connectivity index (χ4n) is 2.09. The smallest absolute Gasteiger partial charge is 0.238 e. The van der Waals surface area contributed by atoms with Crippen LogP contribution in [0.5, 0.6) is 0 Å². The van der Waals surface area contributed by atoms with Gasteiger partial charge in [0.15, 0.2) is 0 Å². The molecule has 1 atom stereocenters. The Balaban J connectivity index is 2.66. The molecule has 1 aromatic carbocycles. The van der Waals surface area contributed by atoms with Crippen LogP contribution in [0.25, 0.3) is 0 Å². The van der Waals surface area contributed by atoms with Crippen molar-refractivity contribution in [1.82, 2.24) is 4.90 Å². The number of amides is 1. The van der Waals surface area contributed by atoms with Crippen LogP contribution in [0.2, 0.25) is 0 Å². The van der Waals surface area contributed by atoms with Crippen LogP contribution < -0.4 is 11.1 Å². The summed E-state index contributed by atoms with van der Waals surface area (Å²) in [4.78, 5) is 14.2. The predicted octanol–water partition coefficient (Wildman–Crippen LogP) is 3.25. The molecule has 0 aliphatic rings. The summed E-state index contributed by atoms with van der Waals surface area (Å²) in [7, 11) is 0. The van der Waals surface area contributed by atoms with Gasteiger partial charge in [0.25, 0.3) is 0 Å². The first kappa shape index (κ1) is 17.4. The molecule has 0 saturated heterocycles. The Kier molecular flexibility index (Phi) is 7.15. The standard InChI is InChI=1S/C16H26FN3O/c1-4-6-9-20(12(3)5-2)11-16(21)19-15-10-13(18)7-8-14(15)17/h7-8,10,12H,4-6,9,11,18H2,1-3H3,(H,19,21). The van der Waals surface area contributed by atoms with Gasteiger partial charge in [0.05, 0.1) is 12.2 Å². The molecule has 0 spiro atoms. The third-order valence-corrected chi connectivity index (χ3v) is 3.62. The molecular weight excluding hydrogens is 269 g/mol. The van der Waals surface area contributed by atoms with Crippen LogP contribution in [0, 0.1) is 5.82 Å². The van der Waals surface area contributed by atoms with Gasteiger partial charge in [0.2, 0.25) is 5.91 Å². The molecule has 21 heavy (non-hydrogen) atoms. The van der Waals surface area contributed by atoms with Crippen molar-refractivity contribution in [2.45, 2.75) is 46.1 Å². The maximum atomic E-state index is 13.6. The average Bonchev–Trinajstić information content (AvgIpc) is 2.46. The van der Waals surface area contributed by atoms with Gasteiger partial charge in [0.1, 0.15) is 5.82 Å². The second-order valence-electron chi connectivity index (χ2n) is 5.37. The second-order valence-corrected chi connectivity index (χ2v) is 5.37. The third-order valence-electron chi connectivity index (χ3n) is 3.62. The Bertz CT molecular complexity index is 465. The van der Waals surface area contributed by atoms with Gasteiger partial charge < -0.3 is 11.1 Å². The molecule has 1 aromatic rings. The van der Waals surface area contributed by atoms with E-state index in [2.05, 4.69) is 31.0 Å². The number of benzene rings is 1. The molecule has 0 aliphatic heterocycles. The lowest BCUT2D eigenvalue weighted by Gasteiger charge is -2.27. The Morgan fingerprint density at radius 2 is 2.14 bits per heavy atom. The molecule has 118 valence electrons. The molecule has 0 radical (unpaired) electrons. The number of nitrogen functional groups attached to an aromatic ring is 1. The first-order chi connectivity index (χ1) is 9.97. The van der Waals surface area contributed by atoms with Gasteiger partial charge >= 0.3 is 0 Å². The second kappa shape index (κ2) is 8.62. The van der Waals surface area contributed by atoms with Crippen LogP contribution in [0.15, 0.2) is 18.2 Å². The highest BCUT2D eigenvalue weighted by Gasteiger charge is 2.16. The average molecular weight is 295 g/mol. The van der Waals surface area contributed by atoms with Crippen molar-refractivity contribution >= 4 is 17.3 Å². The molecule has 1 rings (SSSR count). The van der Waals surface area contributed by atoms with Gasteiger partial charge in [-0.2, -0.15) is 0 Å². The van der Waals surface area contributed by atoms with Crippen LogP contribution in [0.1, 0.15) is 40.0 Å². The first-order valence-electron chi connectivity index (χ1n) is 7.56. The number of rotatable bonds is 8. The van der Waals surface area contributed by atoms with Crippen LogP contribution in [0.3, 0.4) is 0 Å². The van der Waals surface area contributed by atoms with E-state index in [0.717, 1.165) is 25.8 Å². The number of nitrogens with one attached hydrogen (secondary N) is 1. The summed E-state index contributed by atoms with van der Waals surface area (Å²) in [5.74, 6) is -0.683. The van der Waals surface area contributed by atoms with E-state index in [-0.39, 0.29) is 18.1 Å². The van der Waals surface area contributed by atoms with Gasteiger partial charge in [-0.1, -0.05) is 20.3 Å². The van der Waals surface area contributed by atoms with Crippen molar-refractivity contribution in [3.63, 3.8) is 0 Å². The molecule has 3 N–H and O–H groups in total. The van der Waals surface area contributed by atoms with Gasteiger partial charge in [0, 0.05) is 11.7 Å². The van der Waals surface area contributed by atoms with Crippen molar-refractivity contribution in [3.05, 3.63) is 24.0 Å². The normalized spacial score (nSPS) is 12.4. The lowest BCUT2D eigenvalue weighted by molar-refractivity contribution is -0.117. The highest BCUT2D eigenvalue weighted by Crippen LogP contribution is 2.17. The fourth-order valence-corrected chi connectivity index (χ4v) is 2.09. The summed E-state index contributed by atoms with van der Waals surface area (Å²) in [5.41, 5.74) is 6.18. The molecule has 1 amide bonds. The molecule has 4 nitrogen and oxygen atoms in total. The van der Waals surface area contributed by atoms with E-state index < -0.39 is 5.82 Å². The zero-order chi connectivity index (χ0) is 15.8. The maximum absolute atomic E-state index is 13.6. The predicted molar refractivity (Wildman–Crippen MR) is 85.7 cm³/mol. The number of carbonyl (C=O) groups excluding carboxylic acids is 1. The van der Waals surface area contributed by atoms with Crippen molar-refractivity contribution in [3.8, 4) is 0 Å². The third kappa shape index (κ3) is 5.71. The van der Waals surface area contributed by atoms with E-state index in [1.165, 1.54) is 18.2 Å². The number of halogens is 1. The first-order valence-corrected chi connectivity index (χ1v) is 7.56. The highest BCUT2D eigenvalue weighted by molar-refractivity contribution is 5.92. The largest absolute Gasteiger partial charge is 0.399 e. The van der Waals surface area contributed by atoms with E-state index in [0.29, 0.717) is 11.7 Å². The lowest BCUT2D eigenvalue weighted by Crippen LogP contribution is -2.39. The summed E-state index contributed by atoms with van der Waals surface area (Å²) >= 11 is 0. The monoisotopic (exact) mass is 295 g/mol. The van der Waals surface area contributed by atoms with Crippen LogP contribution in [-0.2, 0) is 4.79 Å². The number of nitrogens with zero attached hydrogens (tertiary/aromatic N) is 1.